The van der Waals surface area contributed by atoms with Gasteiger partial charge < -0.3 is 4.74 Å². The normalized spacial score (nSPS) is 29.0. The molecule has 2 aliphatic rings. The van der Waals surface area contributed by atoms with E-state index in [4.69, 9.17) is 4.74 Å². The summed E-state index contributed by atoms with van der Waals surface area (Å²) in [5, 5.41) is 2.56. The van der Waals surface area contributed by atoms with E-state index in [0.29, 0.717) is 4.83 Å². The van der Waals surface area contributed by atoms with Crippen LogP contribution in [0.1, 0.15) is 36.1 Å². The fourth-order valence-electron chi connectivity index (χ4n) is 4.40. The van der Waals surface area contributed by atoms with Crippen molar-refractivity contribution in [2.24, 2.45) is 17.8 Å². The Labute approximate surface area is 134 Å². The van der Waals surface area contributed by atoms with E-state index < -0.39 is 0 Å². The Morgan fingerprint density at radius 1 is 1.00 bits per heavy atom. The highest BCUT2D eigenvalue weighted by molar-refractivity contribution is 9.09. The molecule has 0 saturated heterocycles. The highest BCUT2D eigenvalue weighted by Crippen LogP contribution is 2.63. The molecule has 0 aromatic heterocycles. The second-order valence-corrected chi connectivity index (χ2v) is 7.48. The average Bonchev–Trinajstić information content (AvgIpc) is 3.27. The summed E-state index contributed by atoms with van der Waals surface area (Å²) in [4.78, 5) is 0.487. The summed E-state index contributed by atoms with van der Waals surface area (Å²) >= 11 is 4.03. The monoisotopic (exact) mass is 344 g/mol. The Morgan fingerprint density at radius 3 is 2.33 bits per heavy atom. The molecule has 2 fully saturated rings. The van der Waals surface area contributed by atoms with E-state index >= 15 is 0 Å². The molecule has 3 atom stereocenters. The topological polar surface area (TPSA) is 9.23 Å². The van der Waals surface area contributed by atoms with Crippen molar-refractivity contribution in [2.75, 3.05) is 7.11 Å². The van der Waals surface area contributed by atoms with Crippen molar-refractivity contribution >= 4 is 26.7 Å². The van der Waals surface area contributed by atoms with Gasteiger partial charge in [-0.1, -0.05) is 59.1 Å². The first-order valence-electron chi connectivity index (χ1n) is 8.01. The third-order valence-electron chi connectivity index (χ3n) is 5.50. The lowest BCUT2D eigenvalue weighted by molar-refractivity contribution is 0.419. The lowest BCUT2D eigenvalue weighted by Crippen LogP contribution is -1.98. The van der Waals surface area contributed by atoms with Crippen LogP contribution in [0, 0.1) is 17.8 Å². The largest absolute Gasteiger partial charge is 0.496 e. The predicted octanol–water partition coefficient (Wildman–Crippen LogP) is 5.72. The Hall–Kier alpha value is -1.02. The summed E-state index contributed by atoms with van der Waals surface area (Å²) in [6.07, 6.45) is 5.73. The summed E-state index contributed by atoms with van der Waals surface area (Å²) in [6, 6.07) is 13.0. The molecule has 2 saturated carbocycles. The van der Waals surface area contributed by atoms with E-state index in [2.05, 4.69) is 52.3 Å². The van der Waals surface area contributed by atoms with Crippen LogP contribution in [0.2, 0.25) is 0 Å². The molecular formula is C19H21BrO. The second-order valence-electron chi connectivity index (χ2n) is 6.49. The molecule has 2 heteroatoms. The zero-order valence-electron chi connectivity index (χ0n) is 12.4. The molecule has 3 unspecified atom stereocenters. The van der Waals surface area contributed by atoms with E-state index in [1.807, 2.05) is 0 Å². The molecule has 4 rings (SSSR count). The van der Waals surface area contributed by atoms with E-state index in [1.54, 1.807) is 7.11 Å². The third kappa shape index (κ3) is 2.19. The number of hydrogen-bond acceptors (Lipinski definition) is 1. The van der Waals surface area contributed by atoms with E-state index in [9.17, 15) is 0 Å². The van der Waals surface area contributed by atoms with Gasteiger partial charge >= 0.3 is 0 Å². The Morgan fingerprint density at radius 2 is 1.67 bits per heavy atom. The molecule has 0 heterocycles. The van der Waals surface area contributed by atoms with Gasteiger partial charge in [-0.25, -0.2) is 0 Å². The Kier molecular flexibility index (Phi) is 3.45. The van der Waals surface area contributed by atoms with Gasteiger partial charge in [-0.05, 0) is 47.6 Å². The number of methoxy groups -OCH3 is 1. The highest BCUT2D eigenvalue weighted by Gasteiger charge is 2.53. The van der Waals surface area contributed by atoms with Crippen molar-refractivity contribution in [3.05, 3.63) is 42.0 Å². The van der Waals surface area contributed by atoms with Crippen molar-refractivity contribution in [3.8, 4) is 5.75 Å². The van der Waals surface area contributed by atoms with Crippen LogP contribution in [0.5, 0.6) is 5.75 Å². The fourth-order valence-corrected chi connectivity index (χ4v) is 5.59. The van der Waals surface area contributed by atoms with Gasteiger partial charge in [-0.15, -0.1) is 0 Å². The summed E-state index contributed by atoms with van der Waals surface area (Å²) in [6.45, 7) is 0. The summed E-state index contributed by atoms with van der Waals surface area (Å²) in [5.74, 6) is 3.74. The Bertz CT molecular complexity index is 654. The van der Waals surface area contributed by atoms with Crippen LogP contribution in [0.15, 0.2) is 36.4 Å². The molecule has 0 radical (unpaired) electrons. The van der Waals surface area contributed by atoms with Gasteiger partial charge in [0.25, 0.3) is 0 Å². The number of hydrogen-bond donors (Lipinski definition) is 0. The zero-order valence-corrected chi connectivity index (χ0v) is 14.0. The van der Waals surface area contributed by atoms with Crippen LogP contribution in [0.3, 0.4) is 0 Å². The fraction of sp³-hybridized carbons (Fsp3) is 0.474. The number of rotatable bonds is 3. The van der Waals surface area contributed by atoms with Gasteiger partial charge in [0.2, 0.25) is 0 Å². The summed E-state index contributed by atoms with van der Waals surface area (Å²) < 4.78 is 5.52. The minimum atomic E-state index is 0.487. The Balaban J connectivity index is 1.73. The van der Waals surface area contributed by atoms with Crippen LogP contribution in [-0.4, -0.2) is 7.11 Å². The summed E-state index contributed by atoms with van der Waals surface area (Å²) in [5.41, 5.74) is 1.44. The van der Waals surface area contributed by atoms with Crippen molar-refractivity contribution in [1.29, 1.82) is 0 Å². The lowest BCUT2D eigenvalue weighted by atomic mass is 9.98. The molecule has 0 aliphatic heterocycles. The summed E-state index contributed by atoms with van der Waals surface area (Å²) in [7, 11) is 1.75. The smallest absolute Gasteiger partial charge is 0.126 e. The first-order chi connectivity index (χ1) is 10.3. The molecular weight excluding hydrogens is 324 g/mol. The maximum absolute atomic E-state index is 5.52. The third-order valence-corrected chi connectivity index (χ3v) is 6.60. The van der Waals surface area contributed by atoms with E-state index in [-0.39, 0.29) is 0 Å². The molecule has 0 N–H and O–H groups in total. The molecule has 110 valence electrons. The number of alkyl halides is 1. The number of fused-ring (bicyclic) bond motifs is 2. The van der Waals surface area contributed by atoms with Crippen molar-refractivity contribution < 1.29 is 4.74 Å². The minimum Gasteiger partial charge on any atom is -0.496 e. The van der Waals surface area contributed by atoms with Gasteiger partial charge in [-0.2, -0.15) is 0 Å². The number of halogens is 1. The molecule has 21 heavy (non-hydrogen) atoms. The molecule has 2 aromatic rings. The maximum Gasteiger partial charge on any atom is 0.126 e. The predicted molar refractivity (Wildman–Crippen MR) is 91.1 cm³/mol. The zero-order chi connectivity index (χ0) is 14.4. The van der Waals surface area contributed by atoms with Crippen molar-refractivity contribution in [2.45, 2.75) is 30.5 Å². The molecule has 0 bridgehead atoms. The van der Waals surface area contributed by atoms with Gasteiger partial charge in [-0.3, -0.25) is 0 Å². The lowest BCUT2D eigenvalue weighted by Gasteiger charge is -2.15. The molecule has 1 nitrogen and oxygen atoms in total. The van der Waals surface area contributed by atoms with Crippen molar-refractivity contribution in [3.63, 3.8) is 0 Å². The molecule has 2 aliphatic carbocycles. The van der Waals surface area contributed by atoms with Crippen LogP contribution in [0.25, 0.3) is 10.8 Å². The SMILES string of the molecule is COc1ccc(C(Br)C2C3CCCCC32)c2ccccc12. The van der Waals surface area contributed by atoms with Gasteiger partial charge in [0.15, 0.2) is 0 Å². The molecule has 2 aromatic carbocycles. The first kappa shape index (κ1) is 13.6. The number of ether oxygens (including phenoxy) is 1. The highest BCUT2D eigenvalue weighted by atomic mass is 79.9. The first-order valence-corrected chi connectivity index (χ1v) is 8.92. The molecule has 0 amide bonds. The second kappa shape index (κ2) is 5.31. The van der Waals surface area contributed by atoms with Crippen LogP contribution in [-0.2, 0) is 0 Å². The van der Waals surface area contributed by atoms with Crippen LogP contribution in [0.4, 0.5) is 0 Å². The average molecular weight is 345 g/mol. The van der Waals surface area contributed by atoms with Crippen LogP contribution < -0.4 is 4.74 Å². The maximum atomic E-state index is 5.52. The van der Waals surface area contributed by atoms with E-state index in [0.717, 1.165) is 23.5 Å². The van der Waals surface area contributed by atoms with Gasteiger partial charge in [0.1, 0.15) is 5.75 Å². The number of benzene rings is 2. The van der Waals surface area contributed by atoms with Gasteiger partial charge in [0, 0.05) is 10.2 Å². The van der Waals surface area contributed by atoms with Crippen molar-refractivity contribution in [1.82, 2.24) is 0 Å². The standard InChI is InChI=1S/C19H21BrO/c1-21-17-11-10-16(12-6-2-3-7-13(12)17)19(20)18-14-8-4-5-9-15(14)18/h2-3,6-7,10-11,14-15,18-19H,4-5,8-9H2,1H3. The van der Waals surface area contributed by atoms with E-state index in [1.165, 1.54) is 42.0 Å². The van der Waals surface area contributed by atoms with Gasteiger partial charge in [0.05, 0.1) is 7.11 Å². The minimum absolute atomic E-state index is 0.487. The molecule has 0 spiro atoms. The van der Waals surface area contributed by atoms with Crippen LogP contribution >= 0.6 is 15.9 Å². The quantitative estimate of drug-likeness (QED) is 0.647.